The minimum absolute atomic E-state index is 0.149. The summed E-state index contributed by atoms with van der Waals surface area (Å²) in [5, 5.41) is 7.89. The van der Waals surface area contributed by atoms with Gasteiger partial charge in [-0.15, -0.1) is 0 Å². The van der Waals surface area contributed by atoms with Gasteiger partial charge >= 0.3 is 6.18 Å². The third-order valence-corrected chi connectivity index (χ3v) is 5.10. The largest absolute Gasteiger partial charge is 0.417 e. The maximum Gasteiger partial charge on any atom is 0.417 e. The fraction of sp³-hybridized carbons (Fsp3) is 0.350. The number of benzene rings is 1. The molecule has 1 N–H and O–H groups in total. The summed E-state index contributed by atoms with van der Waals surface area (Å²) < 4.78 is 38.2. The van der Waals surface area contributed by atoms with Crippen molar-refractivity contribution in [3.63, 3.8) is 0 Å². The van der Waals surface area contributed by atoms with Crippen molar-refractivity contribution in [2.24, 2.45) is 0 Å². The molecule has 0 spiro atoms. The number of carbonyl (C=O) groups excluding carboxylic acids is 1. The molecule has 0 unspecified atom stereocenters. The van der Waals surface area contributed by atoms with Gasteiger partial charge in [-0.2, -0.15) is 18.3 Å². The Morgan fingerprint density at radius 3 is 2.66 bits per heavy atom. The molecule has 9 heteroatoms. The average Bonchev–Trinajstić information content (AvgIpc) is 2.94. The molecule has 1 saturated heterocycles. The molecule has 1 aliphatic rings. The van der Waals surface area contributed by atoms with Crippen LogP contribution in [-0.2, 0) is 6.18 Å². The highest BCUT2D eigenvalue weighted by atomic mass is 19.4. The Labute approximate surface area is 165 Å². The molecule has 1 aliphatic heterocycles. The van der Waals surface area contributed by atoms with Crippen molar-refractivity contribution in [1.82, 2.24) is 20.1 Å². The Morgan fingerprint density at radius 2 is 1.93 bits per heavy atom. The van der Waals surface area contributed by atoms with Crippen LogP contribution in [-0.4, -0.2) is 52.2 Å². The zero-order chi connectivity index (χ0) is 20.6. The lowest BCUT2D eigenvalue weighted by molar-refractivity contribution is -0.137. The summed E-state index contributed by atoms with van der Waals surface area (Å²) in [6.07, 6.45) is -2.87. The lowest BCUT2D eigenvalue weighted by Gasteiger charge is -2.22. The molecular weight excluding hydrogens is 383 g/mol. The van der Waals surface area contributed by atoms with E-state index in [1.165, 1.54) is 6.07 Å². The monoisotopic (exact) mass is 403 g/mol. The summed E-state index contributed by atoms with van der Waals surface area (Å²) in [6, 6.07) is 8.20. The molecule has 2 aromatic heterocycles. The Morgan fingerprint density at radius 1 is 1.10 bits per heavy atom. The smallest absolute Gasteiger partial charge is 0.355 e. The molecule has 0 saturated carbocycles. The first-order valence-corrected chi connectivity index (χ1v) is 9.35. The summed E-state index contributed by atoms with van der Waals surface area (Å²) in [7, 11) is 0. The maximum atomic E-state index is 13.0. The Hall–Kier alpha value is -3.10. The standard InChI is InChI=1S/C20H20F3N5O/c1-13-3-5-16-15(11-13)18(26-25-16)19(29)28-8-2-7-27(9-10-28)17-6-4-14(12-24-17)20(21,22)23/h3-6,11-12H,2,7-10H2,1H3,(H,25,26). The molecule has 6 nitrogen and oxygen atoms in total. The number of H-pyrrole nitrogens is 1. The molecule has 3 aromatic rings. The number of fused-ring (bicyclic) bond motifs is 1. The molecule has 0 atom stereocenters. The number of hydrogen-bond acceptors (Lipinski definition) is 4. The van der Waals surface area contributed by atoms with Crippen LogP contribution in [0.3, 0.4) is 0 Å². The van der Waals surface area contributed by atoms with Crippen LogP contribution in [0, 0.1) is 6.92 Å². The lowest BCUT2D eigenvalue weighted by Crippen LogP contribution is -2.35. The number of aromatic nitrogens is 3. The van der Waals surface area contributed by atoms with Crippen LogP contribution in [0.1, 0.15) is 28.0 Å². The van der Waals surface area contributed by atoms with Crippen molar-refractivity contribution < 1.29 is 18.0 Å². The number of halogens is 3. The fourth-order valence-corrected chi connectivity index (χ4v) is 3.53. The Kier molecular flexibility index (Phi) is 4.89. The summed E-state index contributed by atoms with van der Waals surface area (Å²) in [5.74, 6) is 0.331. The van der Waals surface area contributed by atoms with Crippen LogP contribution < -0.4 is 4.90 Å². The number of aromatic amines is 1. The molecule has 0 bridgehead atoms. The first-order chi connectivity index (χ1) is 13.8. The number of anilines is 1. The van der Waals surface area contributed by atoms with Gasteiger partial charge in [-0.1, -0.05) is 11.6 Å². The van der Waals surface area contributed by atoms with E-state index in [0.717, 1.165) is 28.7 Å². The highest BCUT2D eigenvalue weighted by molar-refractivity contribution is 6.04. The minimum Gasteiger partial charge on any atom is -0.355 e. The summed E-state index contributed by atoms with van der Waals surface area (Å²) in [5.41, 5.74) is 1.48. The second-order valence-corrected chi connectivity index (χ2v) is 7.16. The molecule has 1 aromatic carbocycles. The number of amides is 1. The van der Waals surface area contributed by atoms with E-state index in [1.54, 1.807) is 4.90 Å². The van der Waals surface area contributed by atoms with Gasteiger partial charge in [0.05, 0.1) is 11.1 Å². The summed E-state index contributed by atoms with van der Waals surface area (Å²) in [4.78, 5) is 20.6. The molecule has 4 rings (SSSR count). The predicted octanol–water partition coefficient (Wildman–Crippen LogP) is 3.64. The summed E-state index contributed by atoms with van der Waals surface area (Å²) >= 11 is 0. The average molecular weight is 403 g/mol. The van der Waals surface area contributed by atoms with E-state index in [-0.39, 0.29) is 5.91 Å². The van der Waals surface area contributed by atoms with Crippen LogP contribution in [0.2, 0.25) is 0 Å². The second kappa shape index (κ2) is 7.38. The van der Waals surface area contributed by atoms with Crippen molar-refractivity contribution in [2.45, 2.75) is 19.5 Å². The Bertz CT molecular complexity index is 1030. The van der Waals surface area contributed by atoms with Gasteiger partial charge < -0.3 is 9.80 Å². The third kappa shape index (κ3) is 3.90. The lowest BCUT2D eigenvalue weighted by atomic mass is 10.1. The molecule has 1 fully saturated rings. The van der Waals surface area contributed by atoms with Gasteiger partial charge in [-0.25, -0.2) is 4.98 Å². The quantitative estimate of drug-likeness (QED) is 0.710. The molecular formula is C20H20F3N5O. The third-order valence-electron chi connectivity index (χ3n) is 5.10. The van der Waals surface area contributed by atoms with Crippen LogP contribution in [0.4, 0.5) is 19.0 Å². The first-order valence-electron chi connectivity index (χ1n) is 9.35. The van der Waals surface area contributed by atoms with E-state index in [2.05, 4.69) is 15.2 Å². The van der Waals surface area contributed by atoms with Crippen LogP contribution in [0.15, 0.2) is 36.5 Å². The number of alkyl halides is 3. The highest BCUT2D eigenvalue weighted by Crippen LogP contribution is 2.29. The molecule has 29 heavy (non-hydrogen) atoms. The highest BCUT2D eigenvalue weighted by Gasteiger charge is 2.31. The van der Waals surface area contributed by atoms with Crippen molar-refractivity contribution in [1.29, 1.82) is 0 Å². The van der Waals surface area contributed by atoms with Crippen LogP contribution >= 0.6 is 0 Å². The van der Waals surface area contributed by atoms with Gasteiger partial charge in [0.2, 0.25) is 0 Å². The van der Waals surface area contributed by atoms with E-state index in [1.807, 2.05) is 30.0 Å². The van der Waals surface area contributed by atoms with Crippen LogP contribution in [0.25, 0.3) is 10.9 Å². The number of aryl methyl sites for hydroxylation is 1. The first kappa shape index (κ1) is 19.2. The number of hydrogen-bond donors (Lipinski definition) is 1. The van der Waals surface area contributed by atoms with Crippen LogP contribution in [0.5, 0.6) is 0 Å². The zero-order valence-corrected chi connectivity index (χ0v) is 15.8. The van der Waals surface area contributed by atoms with Crippen molar-refractivity contribution in [3.05, 3.63) is 53.3 Å². The molecule has 3 heterocycles. The van der Waals surface area contributed by atoms with Gasteiger partial charge in [0.15, 0.2) is 5.69 Å². The SMILES string of the molecule is Cc1ccc2[nH]nc(C(=O)N3CCCN(c4ccc(C(F)(F)F)cn4)CC3)c2c1. The Balaban J connectivity index is 1.48. The number of rotatable bonds is 2. The molecule has 152 valence electrons. The predicted molar refractivity (Wildman–Crippen MR) is 103 cm³/mol. The van der Waals surface area contributed by atoms with Gasteiger partial charge in [-0.3, -0.25) is 9.89 Å². The van der Waals surface area contributed by atoms with Crippen molar-refractivity contribution in [2.75, 3.05) is 31.1 Å². The van der Waals surface area contributed by atoms with Gasteiger partial charge in [-0.05, 0) is 37.6 Å². The fourth-order valence-electron chi connectivity index (χ4n) is 3.53. The van der Waals surface area contributed by atoms with E-state index < -0.39 is 11.7 Å². The van der Waals surface area contributed by atoms with E-state index in [9.17, 15) is 18.0 Å². The number of nitrogens with zero attached hydrogens (tertiary/aromatic N) is 4. The number of nitrogens with one attached hydrogen (secondary N) is 1. The van der Waals surface area contributed by atoms with Gasteiger partial charge in [0, 0.05) is 37.8 Å². The molecule has 1 amide bonds. The molecule has 0 radical (unpaired) electrons. The second-order valence-electron chi connectivity index (χ2n) is 7.16. The maximum absolute atomic E-state index is 13.0. The normalized spacial score (nSPS) is 15.6. The zero-order valence-electron chi connectivity index (χ0n) is 15.8. The van der Waals surface area contributed by atoms with Gasteiger partial charge in [0.25, 0.3) is 5.91 Å². The summed E-state index contributed by atoms with van der Waals surface area (Å²) in [6.45, 7) is 4.06. The minimum atomic E-state index is -4.40. The van der Waals surface area contributed by atoms with E-state index in [0.29, 0.717) is 44.1 Å². The number of pyridine rings is 1. The van der Waals surface area contributed by atoms with E-state index in [4.69, 9.17) is 0 Å². The topological polar surface area (TPSA) is 65.1 Å². The van der Waals surface area contributed by atoms with Crippen molar-refractivity contribution in [3.8, 4) is 0 Å². The molecule has 0 aliphatic carbocycles. The van der Waals surface area contributed by atoms with E-state index >= 15 is 0 Å². The van der Waals surface area contributed by atoms with Gasteiger partial charge in [0.1, 0.15) is 5.82 Å². The number of carbonyl (C=O) groups is 1. The van der Waals surface area contributed by atoms with Crippen molar-refractivity contribution >= 4 is 22.6 Å².